The molecule has 0 heterocycles. The summed E-state index contributed by atoms with van der Waals surface area (Å²) in [5.74, 6) is -0.124. The summed E-state index contributed by atoms with van der Waals surface area (Å²) >= 11 is 1.56. The Kier molecular flexibility index (Phi) is 10.2. The number of fused-ring (bicyclic) bond motifs is 1. The summed E-state index contributed by atoms with van der Waals surface area (Å²) in [6, 6.07) is 19.1. The maximum Gasteiger partial charge on any atom is 0.408 e. The molecule has 2 unspecified atom stereocenters. The molecule has 2 atom stereocenters. The fourth-order valence-electron chi connectivity index (χ4n) is 4.20. The van der Waals surface area contributed by atoms with Gasteiger partial charge in [0, 0.05) is 12.7 Å². The topological polar surface area (TPSA) is 87.7 Å². The van der Waals surface area contributed by atoms with E-state index in [1.807, 2.05) is 66.9 Å². The molecule has 8 heteroatoms. The number of hydrogen-bond acceptors (Lipinski definition) is 5. The van der Waals surface area contributed by atoms with Gasteiger partial charge < -0.3 is 20.3 Å². The number of likely N-dealkylation sites (N-methyl/N-ethyl adjacent to an activating group) is 1. The van der Waals surface area contributed by atoms with E-state index in [-0.39, 0.29) is 5.91 Å². The molecule has 0 aromatic heterocycles. The van der Waals surface area contributed by atoms with Crippen molar-refractivity contribution in [1.29, 1.82) is 0 Å². The van der Waals surface area contributed by atoms with Crippen molar-refractivity contribution in [2.24, 2.45) is 0 Å². The van der Waals surface area contributed by atoms with Crippen LogP contribution in [0.15, 0.2) is 73.3 Å². The first-order chi connectivity index (χ1) is 18.5. The molecule has 0 spiro atoms. The van der Waals surface area contributed by atoms with Gasteiger partial charge >= 0.3 is 6.09 Å². The minimum Gasteiger partial charge on any atom is -0.444 e. The number of alkyl carbamates (subject to hydrolysis) is 1. The summed E-state index contributed by atoms with van der Waals surface area (Å²) in [4.78, 5) is 41.5. The smallest absolute Gasteiger partial charge is 0.408 e. The Morgan fingerprint density at radius 2 is 1.74 bits per heavy atom. The quantitative estimate of drug-likeness (QED) is 0.313. The van der Waals surface area contributed by atoms with Gasteiger partial charge in [-0.2, -0.15) is 11.8 Å². The molecule has 206 valence electrons. The minimum absolute atomic E-state index is 0.372. The maximum absolute atomic E-state index is 13.8. The average molecular weight is 548 g/mol. The van der Waals surface area contributed by atoms with Crippen LogP contribution in [0, 0.1) is 0 Å². The normalized spacial score (nSPS) is 12.7. The molecule has 0 aliphatic carbocycles. The highest BCUT2D eigenvalue weighted by atomic mass is 32.2. The second-order valence-electron chi connectivity index (χ2n) is 10.3. The summed E-state index contributed by atoms with van der Waals surface area (Å²) in [7, 11) is 1.58. The zero-order valence-corrected chi connectivity index (χ0v) is 24.0. The molecular formula is C31H37N3O4S. The van der Waals surface area contributed by atoms with Crippen LogP contribution in [0.4, 0.5) is 10.5 Å². The minimum atomic E-state index is -0.957. The van der Waals surface area contributed by atoms with E-state index in [9.17, 15) is 14.4 Å². The van der Waals surface area contributed by atoms with Gasteiger partial charge in [0.2, 0.25) is 5.91 Å². The lowest BCUT2D eigenvalue weighted by Gasteiger charge is -2.31. The van der Waals surface area contributed by atoms with Crippen LogP contribution in [-0.2, 0) is 14.3 Å². The molecule has 3 aromatic rings. The highest BCUT2D eigenvalue weighted by molar-refractivity contribution is 7.98. The Hall–Kier alpha value is -3.78. The number of benzene rings is 3. The molecule has 0 aliphatic rings. The van der Waals surface area contributed by atoms with E-state index in [1.165, 1.54) is 4.90 Å². The molecule has 0 fully saturated rings. The van der Waals surface area contributed by atoms with Gasteiger partial charge in [-0.3, -0.25) is 9.59 Å². The van der Waals surface area contributed by atoms with Crippen LogP contribution in [0.3, 0.4) is 0 Å². The third-order valence-corrected chi connectivity index (χ3v) is 6.71. The van der Waals surface area contributed by atoms with Gasteiger partial charge in [0.15, 0.2) is 0 Å². The summed E-state index contributed by atoms with van der Waals surface area (Å²) in [5, 5.41) is 7.75. The second-order valence-corrected chi connectivity index (χ2v) is 11.2. The van der Waals surface area contributed by atoms with Crippen molar-refractivity contribution >= 4 is 52.2 Å². The highest BCUT2D eigenvalue weighted by Gasteiger charge is 2.34. The lowest BCUT2D eigenvalue weighted by atomic mass is 10.0. The number of nitrogens with one attached hydrogen (secondary N) is 2. The molecule has 2 N–H and O–H groups in total. The highest BCUT2D eigenvalue weighted by Crippen LogP contribution is 2.26. The summed E-state index contributed by atoms with van der Waals surface area (Å²) in [6.07, 6.45) is 3.32. The van der Waals surface area contributed by atoms with Gasteiger partial charge in [-0.1, -0.05) is 61.2 Å². The second kappa shape index (κ2) is 13.3. The summed E-state index contributed by atoms with van der Waals surface area (Å²) < 4.78 is 5.40. The van der Waals surface area contributed by atoms with Crippen molar-refractivity contribution in [2.45, 2.75) is 44.9 Å². The number of rotatable bonds is 10. The number of thioether (sulfide) groups is 1. The van der Waals surface area contributed by atoms with Crippen LogP contribution >= 0.6 is 11.8 Å². The fraction of sp³-hybridized carbons (Fsp3) is 0.323. The van der Waals surface area contributed by atoms with Crippen molar-refractivity contribution in [3.63, 3.8) is 0 Å². The number of carbonyl (C=O) groups excluding carboxylic acids is 3. The van der Waals surface area contributed by atoms with E-state index in [0.29, 0.717) is 23.4 Å². The SMILES string of the molecule is C=Cc1cccc(C(C(=O)Nc2ccc3ccccc3c2)N(C)C(=O)C(CCSC)NC(=O)OC(C)(C)C)c1. The summed E-state index contributed by atoms with van der Waals surface area (Å²) in [5.41, 5.74) is 1.36. The van der Waals surface area contributed by atoms with Gasteiger partial charge in [-0.05, 0) is 79.3 Å². The lowest BCUT2D eigenvalue weighted by molar-refractivity contribution is -0.139. The molecule has 0 saturated heterocycles. The van der Waals surface area contributed by atoms with E-state index < -0.39 is 29.7 Å². The van der Waals surface area contributed by atoms with Crippen molar-refractivity contribution in [1.82, 2.24) is 10.2 Å². The average Bonchev–Trinajstić information content (AvgIpc) is 2.89. The Balaban J connectivity index is 1.93. The number of carbonyl (C=O) groups is 3. The van der Waals surface area contributed by atoms with Crippen molar-refractivity contribution in [2.75, 3.05) is 24.4 Å². The monoisotopic (exact) mass is 547 g/mol. The molecule has 0 aliphatic heterocycles. The van der Waals surface area contributed by atoms with Gasteiger partial charge in [0.1, 0.15) is 17.7 Å². The Bertz CT molecular complexity index is 1330. The van der Waals surface area contributed by atoms with E-state index >= 15 is 0 Å². The van der Waals surface area contributed by atoms with Gasteiger partial charge in [-0.15, -0.1) is 0 Å². The van der Waals surface area contributed by atoms with E-state index in [4.69, 9.17) is 4.74 Å². The Morgan fingerprint density at radius 1 is 1.03 bits per heavy atom. The maximum atomic E-state index is 13.8. The molecule has 39 heavy (non-hydrogen) atoms. The molecule has 3 rings (SSSR count). The molecule has 0 bridgehead atoms. The number of amides is 3. The number of hydrogen-bond donors (Lipinski definition) is 2. The largest absolute Gasteiger partial charge is 0.444 e. The lowest BCUT2D eigenvalue weighted by Crippen LogP contribution is -2.51. The van der Waals surface area contributed by atoms with Crippen LogP contribution in [0.1, 0.15) is 44.4 Å². The van der Waals surface area contributed by atoms with Gasteiger partial charge in [-0.25, -0.2) is 4.79 Å². The zero-order valence-electron chi connectivity index (χ0n) is 23.2. The zero-order chi connectivity index (χ0) is 28.6. The van der Waals surface area contributed by atoms with E-state index in [1.54, 1.807) is 51.7 Å². The van der Waals surface area contributed by atoms with E-state index in [0.717, 1.165) is 16.3 Å². The van der Waals surface area contributed by atoms with Crippen LogP contribution < -0.4 is 10.6 Å². The van der Waals surface area contributed by atoms with Crippen LogP contribution in [-0.4, -0.2) is 53.5 Å². The first kappa shape index (κ1) is 29.8. The number of ether oxygens (including phenoxy) is 1. The first-order valence-electron chi connectivity index (χ1n) is 12.8. The Morgan fingerprint density at radius 3 is 2.41 bits per heavy atom. The van der Waals surface area contributed by atoms with Gasteiger partial charge in [0.05, 0.1) is 0 Å². The molecule has 3 aromatic carbocycles. The number of nitrogens with zero attached hydrogens (tertiary/aromatic N) is 1. The molecule has 0 saturated carbocycles. The standard InChI is InChI=1S/C31H37N3O4S/c1-7-21-11-10-14-24(19-21)27(28(35)32-25-16-15-22-12-8-9-13-23(22)20-25)34(5)29(36)26(17-18-39-6)33-30(37)38-31(2,3)4/h7-16,19-20,26-27H,1,17-18H2,2-6H3,(H,32,35)(H,33,37). The van der Waals surface area contributed by atoms with Crippen molar-refractivity contribution < 1.29 is 19.1 Å². The molecular weight excluding hydrogens is 510 g/mol. The van der Waals surface area contributed by atoms with Crippen LogP contribution in [0.2, 0.25) is 0 Å². The van der Waals surface area contributed by atoms with Crippen molar-refractivity contribution in [3.8, 4) is 0 Å². The third kappa shape index (κ3) is 8.35. The van der Waals surface area contributed by atoms with Crippen LogP contribution in [0.25, 0.3) is 16.8 Å². The van der Waals surface area contributed by atoms with Crippen LogP contribution in [0.5, 0.6) is 0 Å². The summed E-state index contributed by atoms with van der Waals surface area (Å²) in [6.45, 7) is 9.12. The van der Waals surface area contributed by atoms with Crippen molar-refractivity contribution in [3.05, 3.63) is 84.4 Å². The van der Waals surface area contributed by atoms with Gasteiger partial charge in [0.25, 0.3) is 5.91 Å². The first-order valence-corrected chi connectivity index (χ1v) is 14.2. The number of anilines is 1. The molecule has 3 amide bonds. The Labute approximate surface area is 235 Å². The predicted molar refractivity (Wildman–Crippen MR) is 161 cm³/mol. The fourth-order valence-corrected chi connectivity index (χ4v) is 4.67. The molecule has 7 nitrogen and oxygen atoms in total. The molecule has 0 radical (unpaired) electrons. The third-order valence-electron chi connectivity index (χ3n) is 6.06. The predicted octanol–water partition coefficient (Wildman–Crippen LogP) is 6.27. The van der Waals surface area contributed by atoms with E-state index in [2.05, 4.69) is 17.2 Å².